The van der Waals surface area contributed by atoms with Crippen LogP contribution in [0, 0.1) is 0 Å². The zero-order chi connectivity index (χ0) is 31.2. The van der Waals surface area contributed by atoms with Crippen LogP contribution in [0.3, 0.4) is 0 Å². The number of hydrogen-bond donors (Lipinski definition) is 0. The molecule has 3 heterocycles. The summed E-state index contributed by atoms with van der Waals surface area (Å²) < 4.78 is 2.32. The van der Waals surface area contributed by atoms with Crippen molar-refractivity contribution in [2.24, 2.45) is 0 Å². The molecular formula is C42H27N5. The van der Waals surface area contributed by atoms with Gasteiger partial charge in [0, 0.05) is 21.9 Å². The van der Waals surface area contributed by atoms with Gasteiger partial charge in [-0.25, -0.2) is 15.0 Å². The van der Waals surface area contributed by atoms with Gasteiger partial charge in [-0.05, 0) is 46.2 Å². The summed E-state index contributed by atoms with van der Waals surface area (Å²) in [5, 5.41) is 4.90. The maximum Gasteiger partial charge on any atom is 0.182 e. The van der Waals surface area contributed by atoms with Crippen LogP contribution in [0.2, 0.25) is 0 Å². The SMILES string of the molecule is c1ccc(-c2ccc3c4c5ccccc5ccc4n(-c4ccc(-c5nc(-c6ccccc6)nc(-c6ccccc6)n5)nc4)c3c2)cc1. The highest BCUT2D eigenvalue weighted by atomic mass is 15.1. The smallest absolute Gasteiger partial charge is 0.182 e. The van der Waals surface area contributed by atoms with E-state index in [1.807, 2.05) is 72.9 Å². The number of pyridine rings is 1. The molecule has 0 aliphatic heterocycles. The van der Waals surface area contributed by atoms with Gasteiger partial charge < -0.3 is 4.57 Å². The molecule has 0 aliphatic carbocycles. The van der Waals surface area contributed by atoms with E-state index in [4.69, 9.17) is 19.9 Å². The maximum absolute atomic E-state index is 4.96. The van der Waals surface area contributed by atoms with Crippen molar-refractivity contribution in [2.45, 2.75) is 0 Å². The normalized spacial score (nSPS) is 11.4. The molecule has 0 amide bonds. The minimum atomic E-state index is 0.531. The third-order valence-corrected chi connectivity index (χ3v) is 8.70. The molecule has 0 saturated heterocycles. The molecule has 47 heavy (non-hydrogen) atoms. The lowest BCUT2D eigenvalue weighted by atomic mass is 10.0. The zero-order valence-electron chi connectivity index (χ0n) is 25.3. The molecule has 220 valence electrons. The van der Waals surface area contributed by atoms with Crippen LogP contribution in [0.5, 0.6) is 0 Å². The third kappa shape index (κ3) is 4.73. The molecule has 0 spiro atoms. The summed E-state index contributed by atoms with van der Waals surface area (Å²) in [5.41, 5.74) is 8.12. The number of hydrogen-bond acceptors (Lipinski definition) is 4. The topological polar surface area (TPSA) is 56.5 Å². The first kappa shape index (κ1) is 26.9. The maximum atomic E-state index is 4.96. The lowest BCUT2D eigenvalue weighted by Crippen LogP contribution is -2.02. The Morgan fingerprint density at radius 3 is 1.68 bits per heavy atom. The molecule has 0 unspecified atom stereocenters. The first-order valence-electron chi connectivity index (χ1n) is 15.7. The molecule has 0 fully saturated rings. The van der Waals surface area contributed by atoms with Gasteiger partial charge in [0.2, 0.25) is 0 Å². The van der Waals surface area contributed by atoms with Crippen LogP contribution in [-0.4, -0.2) is 24.5 Å². The second-order valence-electron chi connectivity index (χ2n) is 11.6. The summed E-state index contributed by atoms with van der Waals surface area (Å²) in [5.74, 6) is 1.76. The predicted octanol–water partition coefficient (Wildman–Crippen LogP) is 10.2. The van der Waals surface area contributed by atoms with E-state index in [0.717, 1.165) is 27.8 Å². The van der Waals surface area contributed by atoms with Crippen molar-refractivity contribution in [3.8, 4) is 51.1 Å². The average molecular weight is 602 g/mol. The molecule has 6 aromatic carbocycles. The fraction of sp³-hybridized carbons (Fsp3) is 0. The van der Waals surface area contributed by atoms with Crippen LogP contribution in [-0.2, 0) is 0 Å². The first-order chi connectivity index (χ1) is 23.3. The molecule has 9 aromatic rings. The molecule has 0 N–H and O–H groups in total. The largest absolute Gasteiger partial charge is 0.308 e. The lowest BCUT2D eigenvalue weighted by molar-refractivity contribution is 1.05. The molecule has 9 rings (SSSR count). The van der Waals surface area contributed by atoms with Crippen molar-refractivity contribution >= 4 is 32.6 Å². The van der Waals surface area contributed by atoms with Crippen LogP contribution < -0.4 is 0 Å². The van der Waals surface area contributed by atoms with E-state index >= 15 is 0 Å². The Morgan fingerprint density at radius 1 is 0.404 bits per heavy atom. The highest BCUT2D eigenvalue weighted by molar-refractivity contribution is 6.21. The first-order valence-corrected chi connectivity index (χ1v) is 15.7. The summed E-state index contributed by atoms with van der Waals surface area (Å²) >= 11 is 0. The van der Waals surface area contributed by atoms with Gasteiger partial charge in [-0.15, -0.1) is 0 Å². The Hall–Kier alpha value is -6.46. The molecule has 5 nitrogen and oxygen atoms in total. The molecule has 3 aromatic heterocycles. The van der Waals surface area contributed by atoms with E-state index in [9.17, 15) is 0 Å². The second-order valence-corrected chi connectivity index (χ2v) is 11.6. The van der Waals surface area contributed by atoms with Gasteiger partial charge in [-0.3, -0.25) is 4.98 Å². The number of benzene rings is 6. The fourth-order valence-electron chi connectivity index (χ4n) is 6.45. The number of aromatic nitrogens is 5. The van der Waals surface area contributed by atoms with E-state index in [1.165, 1.54) is 32.7 Å². The van der Waals surface area contributed by atoms with E-state index < -0.39 is 0 Å². The summed E-state index contributed by atoms with van der Waals surface area (Å²) in [7, 11) is 0. The minimum Gasteiger partial charge on any atom is -0.308 e. The van der Waals surface area contributed by atoms with Crippen molar-refractivity contribution in [1.29, 1.82) is 0 Å². The van der Waals surface area contributed by atoms with Crippen LogP contribution in [0.25, 0.3) is 83.7 Å². The second kappa shape index (κ2) is 11.2. The molecule has 0 aliphatic rings. The van der Waals surface area contributed by atoms with Crippen LogP contribution >= 0.6 is 0 Å². The highest BCUT2D eigenvalue weighted by Crippen LogP contribution is 2.38. The summed E-state index contributed by atoms with van der Waals surface area (Å²) in [6, 6.07) is 54.4. The molecule has 0 saturated carbocycles. The standard InChI is InChI=1S/C42H27N5/c1-4-12-28(13-5-1)32-20-23-35-38(26-32)47(37-25-21-29-14-10-11-19-34(29)39(35)37)33-22-24-36(43-27-33)42-45-40(30-15-6-2-7-16-30)44-41(46-42)31-17-8-3-9-18-31/h1-27H. The van der Waals surface area contributed by atoms with Gasteiger partial charge in [0.25, 0.3) is 0 Å². The van der Waals surface area contributed by atoms with Crippen molar-refractivity contribution in [2.75, 3.05) is 0 Å². The summed E-state index contributed by atoms with van der Waals surface area (Å²) in [6.07, 6.45) is 1.92. The average Bonchev–Trinajstić information content (AvgIpc) is 3.50. The van der Waals surface area contributed by atoms with Crippen molar-refractivity contribution in [1.82, 2.24) is 24.5 Å². The van der Waals surface area contributed by atoms with Crippen molar-refractivity contribution < 1.29 is 0 Å². The Bertz CT molecular complexity index is 2480. The zero-order valence-corrected chi connectivity index (χ0v) is 25.3. The number of rotatable bonds is 5. The monoisotopic (exact) mass is 601 g/mol. The number of fused-ring (bicyclic) bond motifs is 5. The Morgan fingerprint density at radius 2 is 1.02 bits per heavy atom. The van der Waals surface area contributed by atoms with Gasteiger partial charge in [0.15, 0.2) is 17.5 Å². The Kier molecular flexibility index (Phi) is 6.39. The van der Waals surface area contributed by atoms with E-state index in [2.05, 4.69) is 95.6 Å². The third-order valence-electron chi connectivity index (χ3n) is 8.70. The molecule has 0 radical (unpaired) electrons. The van der Waals surface area contributed by atoms with Crippen molar-refractivity contribution in [3.05, 3.63) is 164 Å². The van der Waals surface area contributed by atoms with Crippen LogP contribution in [0.4, 0.5) is 0 Å². The van der Waals surface area contributed by atoms with E-state index in [1.54, 1.807) is 0 Å². The van der Waals surface area contributed by atoms with Gasteiger partial charge in [-0.2, -0.15) is 0 Å². The van der Waals surface area contributed by atoms with Gasteiger partial charge in [-0.1, -0.05) is 133 Å². The quantitative estimate of drug-likeness (QED) is 0.197. The van der Waals surface area contributed by atoms with Crippen LogP contribution in [0.15, 0.2) is 164 Å². The van der Waals surface area contributed by atoms with Gasteiger partial charge >= 0.3 is 0 Å². The van der Waals surface area contributed by atoms with Gasteiger partial charge in [0.05, 0.1) is 22.9 Å². The Labute approximate surface area is 271 Å². The summed E-state index contributed by atoms with van der Waals surface area (Å²) in [4.78, 5) is 19.5. The molecule has 0 atom stereocenters. The summed E-state index contributed by atoms with van der Waals surface area (Å²) in [6.45, 7) is 0. The molecule has 0 bridgehead atoms. The van der Waals surface area contributed by atoms with Gasteiger partial charge in [0.1, 0.15) is 5.69 Å². The lowest BCUT2D eigenvalue weighted by Gasteiger charge is -2.11. The van der Waals surface area contributed by atoms with E-state index in [0.29, 0.717) is 23.2 Å². The molecular weight excluding hydrogens is 574 g/mol. The van der Waals surface area contributed by atoms with Crippen LogP contribution in [0.1, 0.15) is 0 Å². The predicted molar refractivity (Wildman–Crippen MR) is 191 cm³/mol. The minimum absolute atomic E-state index is 0.531. The van der Waals surface area contributed by atoms with Crippen molar-refractivity contribution in [3.63, 3.8) is 0 Å². The number of nitrogens with zero attached hydrogens (tertiary/aromatic N) is 5. The van der Waals surface area contributed by atoms with E-state index in [-0.39, 0.29) is 0 Å². The highest BCUT2D eigenvalue weighted by Gasteiger charge is 2.17. The molecule has 5 heteroatoms. The Balaban J connectivity index is 1.22. The fourth-order valence-corrected chi connectivity index (χ4v) is 6.45.